The van der Waals surface area contributed by atoms with Gasteiger partial charge in [0.2, 0.25) is 0 Å². The molecule has 0 spiro atoms. The van der Waals surface area contributed by atoms with Crippen molar-refractivity contribution in [1.29, 1.82) is 0 Å². The van der Waals surface area contributed by atoms with E-state index < -0.39 is 0 Å². The monoisotopic (exact) mass is 243 g/mol. The van der Waals surface area contributed by atoms with E-state index in [1.165, 1.54) is 7.11 Å². The molecule has 0 aliphatic carbocycles. The number of esters is 1. The van der Waals surface area contributed by atoms with Gasteiger partial charge in [-0.1, -0.05) is 0 Å². The fourth-order valence-corrected chi connectivity index (χ4v) is 2.15. The maximum Gasteiger partial charge on any atom is 0.309 e. The zero-order valence-corrected chi connectivity index (χ0v) is 11.5. The predicted molar refractivity (Wildman–Crippen MR) is 66.9 cm³/mol. The molecule has 0 bridgehead atoms. The van der Waals surface area contributed by atoms with Crippen molar-refractivity contribution in [2.24, 2.45) is 5.92 Å². The molecule has 0 amide bonds. The Morgan fingerprint density at radius 3 is 2.71 bits per heavy atom. The van der Waals surface area contributed by atoms with Crippen molar-refractivity contribution < 1.29 is 14.3 Å². The van der Waals surface area contributed by atoms with Crippen LogP contribution in [0, 0.1) is 5.92 Å². The highest BCUT2D eigenvalue weighted by molar-refractivity contribution is 5.72. The smallest absolute Gasteiger partial charge is 0.309 e. The van der Waals surface area contributed by atoms with Crippen molar-refractivity contribution in [1.82, 2.24) is 4.90 Å². The van der Waals surface area contributed by atoms with Crippen LogP contribution in [0.25, 0.3) is 0 Å². The molecule has 1 rings (SSSR count). The van der Waals surface area contributed by atoms with E-state index >= 15 is 0 Å². The predicted octanol–water partition coefficient (Wildman–Crippen LogP) is 1.69. The lowest BCUT2D eigenvalue weighted by Gasteiger charge is -2.33. The molecule has 1 fully saturated rings. The first-order valence-corrected chi connectivity index (χ1v) is 6.34. The van der Waals surface area contributed by atoms with Crippen molar-refractivity contribution in [3.05, 3.63) is 0 Å². The Kier molecular flexibility index (Phi) is 5.40. The number of hydrogen-bond donors (Lipinski definition) is 0. The van der Waals surface area contributed by atoms with Gasteiger partial charge < -0.3 is 14.4 Å². The molecule has 0 radical (unpaired) electrons. The van der Waals surface area contributed by atoms with E-state index in [0.717, 1.165) is 38.9 Å². The standard InChI is InChI=1S/C13H25NO3/c1-13(2,17-4)7-9-14-8-5-6-11(10-14)12(15)16-3/h11H,5-10H2,1-4H3. The molecule has 0 N–H and O–H groups in total. The minimum Gasteiger partial charge on any atom is -0.469 e. The number of methoxy groups -OCH3 is 2. The summed E-state index contributed by atoms with van der Waals surface area (Å²) in [5.41, 5.74) is -0.0851. The van der Waals surface area contributed by atoms with Crippen molar-refractivity contribution in [2.75, 3.05) is 33.9 Å². The molecule has 17 heavy (non-hydrogen) atoms. The number of hydrogen-bond acceptors (Lipinski definition) is 4. The van der Waals surface area contributed by atoms with E-state index in [0.29, 0.717) is 0 Å². The maximum absolute atomic E-state index is 11.5. The third-order valence-electron chi connectivity index (χ3n) is 3.62. The highest BCUT2D eigenvalue weighted by Gasteiger charge is 2.27. The van der Waals surface area contributed by atoms with Gasteiger partial charge in [-0.2, -0.15) is 0 Å². The molecule has 1 aliphatic heterocycles. The molecule has 1 heterocycles. The lowest BCUT2D eigenvalue weighted by atomic mass is 9.97. The van der Waals surface area contributed by atoms with Crippen LogP contribution in [0.4, 0.5) is 0 Å². The lowest BCUT2D eigenvalue weighted by Crippen LogP contribution is -2.41. The van der Waals surface area contributed by atoms with Gasteiger partial charge >= 0.3 is 5.97 Å². The molecular formula is C13H25NO3. The molecular weight excluding hydrogens is 218 g/mol. The van der Waals surface area contributed by atoms with Crippen LogP contribution in [0.2, 0.25) is 0 Å². The molecule has 4 nitrogen and oxygen atoms in total. The molecule has 4 heteroatoms. The van der Waals surface area contributed by atoms with Gasteiger partial charge in [-0.05, 0) is 39.7 Å². The fraction of sp³-hybridized carbons (Fsp3) is 0.923. The van der Waals surface area contributed by atoms with Gasteiger partial charge in [0.25, 0.3) is 0 Å². The summed E-state index contributed by atoms with van der Waals surface area (Å²) in [6, 6.07) is 0. The molecule has 1 saturated heterocycles. The molecule has 0 saturated carbocycles. The van der Waals surface area contributed by atoms with Crippen LogP contribution in [-0.2, 0) is 14.3 Å². The largest absolute Gasteiger partial charge is 0.469 e. The Bertz CT molecular complexity index is 253. The fourth-order valence-electron chi connectivity index (χ4n) is 2.15. The molecule has 0 aromatic carbocycles. The van der Waals surface area contributed by atoms with Crippen LogP contribution >= 0.6 is 0 Å². The van der Waals surface area contributed by atoms with Crippen LogP contribution in [0.3, 0.4) is 0 Å². The van der Waals surface area contributed by atoms with E-state index in [1.807, 2.05) is 0 Å². The number of nitrogens with zero attached hydrogens (tertiary/aromatic N) is 1. The third kappa shape index (κ3) is 4.64. The molecule has 1 unspecified atom stereocenters. The SMILES string of the molecule is COC(=O)C1CCCN(CCC(C)(C)OC)C1. The Morgan fingerprint density at radius 1 is 1.41 bits per heavy atom. The number of carbonyl (C=O) groups excluding carboxylic acids is 1. The van der Waals surface area contributed by atoms with Crippen LogP contribution in [0.5, 0.6) is 0 Å². The number of likely N-dealkylation sites (tertiary alicyclic amines) is 1. The highest BCUT2D eigenvalue weighted by Crippen LogP contribution is 2.20. The number of rotatable bonds is 5. The van der Waals surface area contributed by atoms with E-state index in [1.54, 1.807) is 7.11 Å². The van der Waals surface area contributed by atoms with Gasteiger partial charge in [0.05, 0.1) is 18.6 Å². The Hall–Kier alpha value is -0.610. The lowest BCUT2D eigenvalue weighted by molar-refractivity contribution is -0.147. The number of ether oxygens (including phenoxy) is 2. The minimum absolute atomic E-state index is 0.0550. The summed E-state index contributed by atoms with van der Waals surface area (Å²) in [6.45, 7) is 7.07. The summed E-state index contributed by atoms with van der Waals surface area (Å²) in [5.74, 6) is -0.0138. The minimum atomic E-state index is -0.0851. The van der Waals surface area contributed by atoms with Gasteiger partial charge in [0, 0.05) is 20.2 Å². The first kappa shape index (κ1) is 14.5. The first-order valence-electron chi connectivity index (χ1n) is 6.34. The topological polar surface area (TPSA) is 38.8 Å². The summed E-state index contributed by atoms with van der Waals surface area (Å²) in [4.78, 5) is 13.8. The van der Waals surface area contributed by atoms with Gasteiger partial charge in [-0.15, -0.1) is 0 Å². The van der Waals surface area contributed by atoms with E-state index in [4.69, 9.17) is 9.47 Å². The van der Waals surface area contributed by atoms with E-state index in [-0.39, 0.29) is 17.5 Å². The molecule has 0 aromatic rings. The highest BCUT2D eigenvalue weighted by atomic mass is 16.5. The summed E-state index contributed by atoms with van der Waals surface area (Å²) < 4.78 is 10.2. The molecule has 1 aliphatic rings. The zero-order valence-electron chi connectivity index (χ0n) is 11.5. The van der Waals surface area contributed by atoms with Crippen molar-refractivity contribution in [3.8, 4) is 0 Å². The summed E-state index contributed by atoms with van der Waals surface area (Å²) in [6.07, 6.45) is 3.02. The quantitative estimate of drug-likeness (QED) is 0.689. The van der Waals surface area contributed by atoms with Crippen molar-refractivity contribution in [3.63, 3.8) is 0 Å². The molecule has 0 aromatic heterocycles. The van der Waals surface area contributed by atoms with Crippen molar-refractivity contribution >= 4 is 5.97 Å². The second-order valence-corrected chi connectivity index (χ2v) is 5.38. The average molecular weight is 243 g/mol. The van der Waals surface area contributed by atoms with Crippen LogP contribution in [0.15, 0.2) is 0 Å². The Morgan fingerprint density at radius 2 is 2.12 bits per heavy atom. The number of piperidine rings is 1. The normalized spacial score (nSPS) is 22.5. The maximum atomic E-state index is 11.5. The van der Waals surface area contributed by atoms with Gasteiger partial charge in [0.15, 0.2) is 0 Å². The van der Waals surface area contributed by atoms with Crippen LogP contribution in [0.1, 0.15) is 33.1 Å². The number of carbonyl (C=O) groups is 1. The molecule has 100 valence electrons. The van der Waals surface area contributed by atoms with E-state index in [9.17, 15) is 4.79 Å². The molecule has 1 atom stereocenters. The third-order valence-corrected chi connectivity index (χ3v) is 3.62. The second-order valence-electron chi connectivity index (χ2n) is 5.38. The van der Waals surface area contributed by atoms with Gasteiger partial charge in [-0.25, -0.2) is 0 Å². The summed E-state index contributed by atoms with van der Waals surface area (Å²) in [5, 5.41) is 0. The Labute approximate surface area is 104 Å². The Balaban J connectivity index is 2.37. The van der Waals surface area contributed by atoms with Gasteiger partial charge in [-0.3, -0.25) is 4.79 Å². The second kappa shape index (κ2) is 6.36. The average Bonchev–Trinajstić information content (AvgIpc) is 2.36. The van der Waals surface area contributed by atoms with Crippen molar-refractivity contribution in [2.45, 2.75) is 38.7 Å². The summed E-state index contributed by atoms with van der Waals surface area (Å²) in [7, 11) is 3.21. The summed E-state index contributed by atoms with van der Waals surface area (Å²) >= 11 is 0. The van der Waals surface area contributed by atoms with Crippen LogP contribution in [-0.4, -0.2) is 50.3 Å². The zero-order chi connectivity index (χ0) is 12.9. The first-order chi connectivity index (χ1) is 7.98. The van der Waals surface area contributed by atoms with Gasteiger partial charge in [0.1, 0.15) is 0 Å². The van der Waals surface area contributed by atoms with Crippen LogP contribution < -0.4 is 0 Å². The van der Waals surface area contributed by atoms with E-state index in [2.05, 4.69) is 18.7 Å².